The van der Waals surface area contributed by atoms with Crippen molar-refractivity contribution < 1.29 is 23.2 Å². The van der Waals surface area contributed by atoms with Crippen LogP contribution in [0, 0.1) is 11.6 Å². The van der Waals surface area contributed by atoms with E-state index in [0.717, 1.165) is 40.1 Å². The highest BCUT2D eigenvalue weighted by atomic mass is 19.1. The van der Waals surface area contributed by atoms with Crippen LogP contribution in [0.5, 0.6) is 0 Å². The fraction of sp³-hybridized carbons (Fsp3) is 0.250. The summed E-state index contributed by atoms with van der Waals surface area (Å²) in [4.78, 5) is 38.9. The SMILES string of the molecule is CCc1ccc(N2C(=O)[C@@H]3[C@@H](N=NN3CC(=O)Nc3cc(F)ccc3F)C2=O)cc1. The molecule has 4 rings (SSSR count). The van der Waals surface area contributed by atoms with Gasteiger partial charge in [-0.1, -0.05) is 24.3 Å². The van der Waals surface area contributed by atoms with Crippen molar-refractivity contribution >= 4 is 29.1 Å². The minimum absolute atomic E-state index is 0.334. The summed E-state index contributed by atoms with van der Waals surface area (Å²) in [5, 5.41) is 10.9. The minimum atomic E-state index is -1.06. The Hall–Kier alpha value is -3.69. The molecule has 30 heavy (non-hydrogen) atoms. The Kier molecular flexibility index (Phi) is 4.98. The van der Waals surface area contributed by atoms with Crippen LogP contribution < -0.4 is 10.2 Å². The van der Waals surface area contributed by atoms with E-state index in [2.05, 4.69) is 15.7 Å². The molecule has 2 aliphatic heterocycles. The fourth-order valence-electron chi connectivity index (χ4n) is 3.42. The average Bonchev–Trinajstić information content (AvgIpc) is 3.24. The number of rotatable bonds is 5. The first-order valence-electron chi connectivity index (χ1n) is 9.28. The topological polar surface area (TPSA) is 94.4 Å². The quantitative estimate of drug-likeness (QED) is 0.762. The second-order valence-corrected chi connectivity index (χ2v) is 6.90. The number of halogens is 2. The number of anilines is 2. The maximum Gasteiger partial charge on any atom is 0.263 e. The van der Waals surface area contributed by atoms with Crippen molar-refractivity contribution in [2.75, 3.05) is 16.8 Å². The molecule has 8 nitrogen and oxygen atoms in total. The van der Waals surface area contributed by atoms with Gasteiger partial charge in [-0.3, -0.25) is 19.4 Å². The van der Waals surface area contributed by atoms with Crippen LogP contribution in [0.1, 0.15) is 12.5 Å². The van der Waals surface area contributed by atoms with Crippen molar-refractivity contribution in [2.45, 2.75) is 25.4 Å². The van der Waals surface area contributed by atoms with Gasteiger partial charge in [0.1, 0.15) is 18.2 Å². The summed E-state index contributed by atoms with van der Waals surface area (Å²) < 4.78 is 27.0. The molecule has 0 unspecified atom stereocenters. The zero-order valence-corrected chi connectivity index (χ0v) is 15.9. The van der Waals surface area contributed by atoms with Gasteiger partial charge in [0.25, 0.3) is 11.8 Å². The predicted octanol–water partition coefficient (Wildman–Crippen LogP) is 2.46. The van der Waals surface area contributed by atoms with Gasteiger partial charge in [-0.05, 0) is 36.2 Å². The van der Waals surface area contributed by atoms with Crippen LogP contribution in [-0.2, 0) is 20.8 Å². The van der Waals surface area contributed by atoms with Gasteiger partial charge in [0.15, 0.2) is 12.1 Å². The van der Waals surface area contributed by atoms with E-state index < -0.39 is 48.0 Å². The van der Waals surface area contributed by atoms with Crippen molar-refractivity contribution in [3.63, 3.8) is 0 Å². The summed E-state index contributed by atoms with van der Waals surface area (Å²) in [5.41, 5.74) is 1.14. The lowest BCUT2D eigenvalue weighted by Gasteiger charge is -2.20. The molecule has 0 radical (unpaired) electrons. The van der Waals surface area contributed by atoms with Crippen molar-refractivity contribution in [2.24, 2.45) is 10.3 Å². The third-order valence-electron chi connectivity index (χ3n) is 4.97. The smallest absolute Gasteiger partial charge is 0.263 e. The molecular weight excluding hydrogens is 396 g/mol. The number of carbonyl (C=O) groups excluding carboxylic acids is 3. The number of fused-ring (bicyclic) bond motifs is 1. The Balaban J connectivity index is 1.49. The number of hydrogen-bond acceptors (Lipinski definition) is 6. The van der Waals surface area contributed by atoms with E-state index >= 15 is 0 Å². The van der Waals surface area contributed by atoms with E-state index in [-0.39, 0.29) is 5.69 Å². The van der Waals surface area contributed by atoms with Crippen LogP contribution in [0.2, 0.25) is 0 Å². The Bertz CT molecular complexity index is 1060. The maximum atomic E-state index is 13.7. The van der Waals surface area contributed by atoms with E-state index in [9.17, 15) is 23.2 Å². The highest BCUT2D eigenvalue weighted by Gasteiger charge is 2.55. The number of nitrogens with zero attached hydrogens (tertiary/aromatic N) is 4. The summed E-state index contributed by atoms with van der Waals surface area (Å²) in [5.74, 6) is -3.33. The lowest BCUT2D eigenvalue weighted by atomic mass is 10.1. The van der Waals surface area contributed by atoms with Crippen LogP contribution in [0.15, 0.2) is 52.8 Å². The Morgan fingerprint density at radius 3 is 2.53 bits per heavy atom. The van der Waals surface area contributed by atoms with Crippen LogP contribution in [-0.4, -0.2) is 41.4 Å². The Labute approximate surface area is 170 Å². The molecule has 0 aromatic heterocycles. The van der Waals surface area contributed by atoms with E-state index in [1.54, 1.807) is 12.1 Å². The molecule has 10 heteroatoms. The summed E-state index contributed by atoms with van der Waals surface area (Å²) in [6, 6.07) is 7.54. The monoisotopic (exact) mass is 413 g/mol. The molecule has 2 heterocycles. The van der Waals surface area contributed by atoms with Crippen molar-refractivity contribution in [1.29, 1.82) is 0 Å². The van der Waals surface area contributed by atoms with E-state index in [1.165, 1.54) is 0 Å². The van der Waals surface area contributed by atoms with Crippen LogP contribution in [0.3, 0.4) is 0 Å². The first-order valence-corrected chi connectivity index (χ1v) is 9.28. The Morgan fingerprint density at radius 1 is 1.10 bits per heavy atom. The van der Waals surface area contributed by atoms with Gasteiger partial charge in [-0.15, -0.1) is 0 Å². The van der Waals surface area contributed by atoms with Gasteiger partial charge in [-0.2, -0.15) is 5.11 Å². The molecule has 1 N–H and O–H groups in total. The number of amides is 3. The molecule has 2 atom stereocenters. The van der Waals surface area contributed by atoms with Gasteiger partial charge in [-0.25, -0.2) is 13.7 Å². The zero-order chi connectivity index (χ0) is 21.4. The van der Waals surface area contributed by atoms with Crippen molar-refractivity contribution in [3.05, 3.63) is 59.7 Å². The summed E-state index contributed by atoms with van der Waals surface area (Å²) in [7, 11) is 0. The standard InChI is InChI=1S/C20H17F2N5O3/c1-2-11-3-6-13(7-4-11)27-19(29)17-18(20(27)30)26(25-24-17)10-16(28)23-15-9-12(21)5-8-14(15)22/h3-9,17-18H,2,10H2,1H3,(H,23,28)/t17-,18+/m1/s1. The summed E-state index contributed by atoms with van der Waals surface area (Å²) in [6.45, 7) is 1.53. The molecule has 2 aromatic rings. The van der Waals surface area contributed by atoms with E-state index in [4.69, 9.17) is 0 Å². The number of imide groups is 1. The first kappa shape index (κ1) is 19.6. The van der Waals surface area contributed by atoms with Crippen LogP contribution in [0.25, 0.3) is 0 Å². The fourth-order valence-corrected chi connectivity index (χ4v) is 3.42. The average molecular weight is 413 g/mol. The van der Waals surface area contributed by atoms with Gasteiger partial charge in [0.05, 0.1) is 11.4 Å². The van der Waals surface area contributed by atoms with Gasteiger partial charge >= 0.3 is 0 Å². The number of benzene rings is 2. The lowest BCUT2D eigenvalue weighted by molar-refractivity contribution is -0.123. The molecule has 1 fully saturated rings. The zero-order valence-electron chi connectivity index (χ0n) is 15.9. The molecule has 0 spiro atoms. The number of hydrogen-bond donors (Lipinski definition) is 1. The summed E-state index contributed by atoms with van der Waals surface area (Å²) in [6.07, 6.45) is 0.816. The van der Waals surface area contributed by atoms with E-state index in [0.29, 0.717) is 5.69 Å². The third-order valence-corrected chi connectivity index (χ3v) is 4.97. The molecule has 3 amide bonds. The normalized spacial score (nSPS) is 20.1. The number of carbonyl (C=O) groups is 3. The third kappa shape index (κ3) is 3.40. The predicted molar refractivity (Wildman–Crippen MR) is 102 cm³/mol. The van der Waals surface area contributed by atoms with Crippen LogP contribution >= 0.6 is 0 Å². The van der Waals surface area contributed by atoms with Crippen LogP contribution in [0.4, 0.5) is 20.2 Å². The molecule has 1 saturated heterocycles. The highest BCUT2D eigenvalue weighted by Crippen LogP contribution is 2.32. The minimum Gasteiger partial charge on any atom is -0.322 e. The van der Waals surface area contributed by atoms with Gasteiger partial charge < -0.3 is 5.32 Å². The van der Waals surface area contributed by atoms with Crippen molar-refractivity contribution in [3.8, 4) is 0 Å². The molecule has 0 aliphatic carbocycles. The lowest BCUT2D eigenvalue weighted by Crippen LogP contribution is -2.43. The summed E-state index contributed by atoms with van der Waals surface area (Å²) >= 11 is 0. The van der Waals surface area contributed by atoms with Crippen molar-refractivity contribution in [1.82, 2.24) is 5.01 Å². The first-order chi connectivity index (χ1) is 14.4. The van der Waals surface area contributed by atoms with Gasteiger partial charge in [0, 0.05) is 6.07 Å². The second-order valence-electron chi connectivity index (χ2n) is 6.90. The number of nitrogens with one attached hydrogen (secondary N) is 1. The Morgan fingerprint density at radius 2 is 1.83 bits per heavy atom. The molecule has 154 valence electrons. The van der Waals surface area contributed by atoms with E-state index in [1.807, 2.05) is 19.1 Å². The number of aryl methyl sites for hydroxylation is 1. The molecular formula is C20H17F2N5O3. The highest BCUT2D eigenvalue weighted by molar-refractivity contribution is 6.25. The second kappa shape index (κ2) is 7.62. The largest absolute Gasteiger partial charge is 0.322 e. The molecule has 0 bridgehead atoms. The molecule has 2 aromatic carbocycles. The molecule has 2 aliphatic rings. The maximum absolute atomic E-state index is 13.7. The molecule has 0 saturated carbocycles. The van der Waals surface area contributed by atoms with Gasteiger partial charge in [0.2, 0.25) is 5.91 Å².